The summed E-state index contributed by atoms with van der Waals surface area (Å²) >= 11 is 6.30. The van der Waals surface area contributed by atoms with Gasteiger partial charge in [-0.1, -0.05) is 41.9 Å². The molecule has 1 heterocycles. The summed E-state index contributed by atoms with van der Waals surface area (Å²) in [7, 11) is 0. The Kier molecular flexibility index (Phi) is 3.11. The second-order valence-electron chi connectivity index (χ2n) is 4.81. The van der Waals surface area contributed by atoms with E-state index in [1.165, 1.54) is 6.92 Å². The topological polar surface area (TPSA) is 30.2 Å². The summed E-state index contributed by atoms with van der Waals surface area (Å²) in [5.41, 5.74) is 3.52. The van der Waals surface area contributed by atoms with Crippen LogP contribution in [0, 0.1) is 6.92 Å². The van der Waals surface area contributed by atoms with E-state index in [-0.39, 0.29) is 5.78 Å². The maximum Gasteiger partial charge on any atom is 0.195 e. The molecule has 0 aliphatic heterocycles. The highest BCUT2D eigenvalue weighted by atomic mass is 35.5. The number of carbonyl (C=O) groups excluding carboxylic acids is 1. The molecule has 100 valence electrons. The van der Waals surface area contributed by atoms with Crippen molar-refractivity contribution in [3.63, 3.8) is 0 Å². The molecule has 0 bridgehead atoms. The van der Waals surface area contributed by atoms with Crippen LogP contribution in [0.1, 0.15) is 23.0 Å². The van der Waals surface area contributed by atoms with Crippen LogP contribution in [0.5, 0.6) is 0 Å². The SMILES string of the molecule is CC(=O)c1oc2c(Cl)cc(-c3ccccc3)cc2c1C. The fraction of sp³-hybridized carbons (Fsp3) is 0.118. The van der Waals surface area contributed by atoms with Gasteiger partial charge in [0.2, 0.25) is 0 Å². The number of aryl methyl sites for hydroxylation is 1. The Hall–Kier alpha value is -2.06. The lowest BCUT2D eigenvalue weighted by molar-refractivity contribution is 0.0988. The standard InChI is InChI=1S/C17H13ClO2/c1-10-14-8-13(12-6-4-3-5-7-12)9-15(18)17(14)20-16(10)11(2)19/h3-9H,1-2H3. The molecule has 20 heavy (non-hydrogen) atoms. The van der Waals surface area contributed by atoms with Crippen LogP contribution in [0.3, 0.4) is 0 Å². The summed E-state index contributed by atoms with van der Waals surface area (Å²) in [5.74, 6) is 0.295. The number of hydrogen-bond acceptors (Lipinski definition) is 2. The minimum Gasteiger partial charge on any atom is -0.451 e. The van der Waals surface area contributed by atoms with E-state index >= 15 is 0 Å². The van der Waals surface area contributed by atoms with Crippen molar-refractivity contribution < 1.29 is 9.21 Å². The molecule has 3 heteroatoms. The normalized spacial score (nSPS) is 10.9. The third-order valence-electron chi connectivity index (χ3n) is 3.42. The zero-order valence-corrected chi connectivity index (χ0v) is 12.0. The molecule has 0 aliphatic rings. The Bertz CT molecular complexity index is 801. The van der Waals surface area contributed by atoms with Gasteiger partial charge in [0.25, 0.3) is 0 Å². The highest BCUT2D eigenvalue weighted by Crippen LogP contribution is 2.35. The van der Waals surface area contributed by atoms with Gasteiger partial charge >= 0.3 is 0 Å². The summed E-state index contributed by atoms with van der Waals surface area (Å²) in [5, 5.41) is 1.42. The number of halogens is 1. The van der Waals surface area contributed by atoms with Crippen LogP contribution in [-0.2, 0) is 0 Å². The molecule has 0 radical (unpaired) electrons. The van der Waals surface area contributed by atoms with Gasteiger partial charge in [-0.15, -0.1) is 0 Å². The van der Waals surface area contributed by atoms with Crippen LogP contribution in [0.15, 0.2) is 46.9 Å². The summed E-state index contributed by atoms with van der Waals surface area (Å²) in [6, 6.07) is 13.9. The summed E-state index contributed by atoms with van der Waals surface area (Å²) < 4.78 is 5.60. The second kappa shape index (κ2) is 4.80. The number of hydrogen-bond donors (Lipinski definition) is 0. The molecule has 0 N–H and O–H groups in total. The van der Waals surface area contributed by atoms with Gasteiger partial charge in [0.05, 0.1) is 5.02 Å². The monoisotopic (exact) mass is 284 g/mol. The largest absolute Gasteiger partial charge is 0.451 e. The van der Waals surface area contributed by atoms with E-state index in [0.29, 0.717) is 16.4 Å². The van der Waals surface area contributed by atoms with Gasteiger partial charge in [-0.2, -0.15) is 0 Å². The maximum absolute atomic E-state index is 11.6. The van der Waals surface area contributed by atoms with E-state index < -0.39 is 0 Å². The first-order valence-corrected chi connectivity index (χ1v) is 6.74. The molecule has 3 rings (SSSR count). The van der Waals surface area contributed by atoms with Gasteiger partial charge in [0, 0.05) is 17.9 Å². The molecule has 0 atom stereocenters. The summed E-state index contributed by atoms with van der Waals surface area (Å²) in [6.07, 6.45) is 0. The lowest BCUT2D eigenvalue weighted by Gasteiger charge is -2.03. The zero-order valence-electron chi connectivity index (χ0n) is 11.2. The highest BCUT2D eigenvalue weighted by molar-refractivity contribution is 6.35. The van der Waals surface area contributed by atoms with E-state index in [9.17, 15) is 4.79 Å². The first-order chi connectivity index (χ1) is 9.58. The number of carbonyl (C=O) groups is 1. The molecule has 0 fully saturated rings. The van der Waals surface area contributed by atoms with Crippen molar-refractivity contribution in [2.75, 3.05) is 0 Å². The Morgan fingerprint density at radius 1 is 1.10 bits per heavy atom. The lowest BCUT2D eigenvalue weighted by Crippen LogP contribution is -1.90. The average Bonchev–Trinajstić information content (AvgIpc) is 2.78. The fourth-order valence-electron chi connectivity index (χ4n) is 2.41. The van der Waals surface area contributed by atoms with Crippen LogP contribution >= 0.6 is 11.6 Å². The van der Waals surface area contributed by atoms with Gasteiger partial charge in [0.1, 0.15) is 0 Å². The van der Waals surface area contributed by atoms with E-state index in [1.54, 1.807) is 0 Å². The van der Waals surface area contributed by atoms with E-state index in [4.69, 9.17) is 16.0 Å². The molecule has 2 nitrogen and oxygen atoms in total. The molecule has 2 aromatic carbocycles. The number of Topliss-reactive ketones (excluding diaryl/α,β-unsaturated/α-hetero) is 1. The Labute approximate surface area is 122 Å². The predicted octanol–water partition coefficient (Wildman–Crippen LogP) is 5.26. The molecule has 0 unspecified atom stereocenters. The highest BCUT2D eigenvalue weighted by Gasteiger charge is 2.17. The van der Waals surface area contributed by atoms with Crippen molar-refractivity contribution in [3.05, 3.63) is 58.8 Å². The fourth-order valence-corrected chi connectivity index (χ4v) is 2.67. The maximum atomic E-state index is 11.6. The third kappa shape index (κ3) is 2.02. The number of benzene rings is 2. The lowest BCUT2D eigenvalue weighted by atomic mass is 10.0. The average molecular weight is 285 g/mol. The number of fused-ring (bicyclic) bond motifs is 1. The van der Waals surface area contributed by atoms with Gasteiger partial charge in [-0.25, -0.2) is 0 Å². The number of furan rings is 1. The molecular weight excluding hydrogens is 272 g/mol. The van der Waals surface area contributed by atoms with E-state index in [2.05, 4.69) is 0 Å². The quantitative estimate of drug-likeness (QED) is 0.601. The van der Waals surface area contributed by atoms with Crippen LogP contribution in [0.4, 0.5) is 0 Å². The Balaban J connectivity index is 2.29. The molecule has 1 aromatic heterocycles. The van der Waals surface area contributed by atoms with Crippen LogP contribution in [0.2, 0.25) is 5.02 Å². The first-order valence-electron chi connectivity index (χ1n) is 6.37. The molecule has 0 spiro atoms. The summed E-state index contributed by atoms with van der Waals surface area (Å²) in [6.45, 7) is 3.38. The minimum absolute atomic E-state index is 0.0870. The van der Waals surface area contributed by atoms with Gasteiger partial charge in [-0.05, 0) is 30.2 Å². The third-order valence-corrected chi connectivity index (χ3v) is 3.70. The number of ketones is 1. The van der Waals surface area contributed by atoms with Crippen molar-refractivity contribution in [2.24, 2.45) is 0 Å². The molecule has 0 saturated carbocycles. The smallest absolute Gasteiger partial charge is 0.195 e. The molecule has 0 aliphatic carbocycles. The molecule has 0 amide bonds. The van der Waals surface area contributed by atoms with Gasteiger partial charge < -0.3 is 4.42 Å². The van der Waals surface area contributed by atoms with Crippen LogP contribution in [-0.4, -0.2) is 5.78 Å². The zero-order chi connectivity index (χ0) is 14.3. The van der Waals surface area contributed by atoms with Crippen molar-refractivity contribution in [3.8, 4) is 11.1 Å². The predicted molar refractivity (Wildman–Crippen MR) is 81.4 cm³/mol. The number of rotatable bonds is 2. The van der Waals surface area contributed by atoms with Crippen molar-refractivity contribution in [2.45, 2.75) is 13.8 Å². The minimum atomic E-state index is -0.0870. The molecule has 3 aromatic rings. The Morgan fingerprint density at radius 3 is 2.45 bits per heavy atom. The van der Waals surface area contributed by atoms with Crippen molar-refractivity contribution in [1.29, 1.82) is 0 Å². The first kappa shape index (κ1) is 12.9. The van der Waals surface area contributed by atoms with Gasteiger partial charge in [0.15, 0.2) is 17.1 Å². The molecular formula is C17H13ClO2. The van der Waals surface area contributed by atoms with E-state index in [1.807, 2.05) is 49.4 Å². The van der Waals surface area contributed by atoms with Gasteiger partial charge in [-0.3, -0.25) is 4.79 Å². The second-order valence-corrected chi connectivity index (χ2v) is 5.22. The molecule has 0 saturated heterocycles. The van der Waals surface area contributed by atoms with Crippen LogP contribution in [0.25, 0.3) is 22.1 Å². The summed E-state index contributed by atoms with van der Waals surface area (Å²) in [4.78, 5) is 11.6. The van der Waals surface area contributed by atoms with Crippen molar-refractivity contribution >= 4 is 28.4 Å². The van der Waals surface area contributed by atoms with Crippen molar-refractivity contribution in [1.82, 2.24) is 0 Å². The van der Waals surface area contributed by atoms with Crippen LogP contribution < -0.4 is 0 Å². The Morgan fingerprint density at radius 2 is 1.80 bits per heavy atom. The van der Waals surface area contributed by atoms with E-state index in [0.717, 1.165) is 22.1 Å².